The topological polar surface area (TPSA) is 75.4 Å². The van der Waals surface area contributed by atoms with Gasteiger partial charge in [0.2, 0.25) is 5.91 Å². The minimum atomic E-state index is -0.0628. The molecule has 1 amide bonds. The average molecular weight is 289 g/mol. The zero-order valence-electron chi connectivity index (χ0n) is 12.6. The lowest BCUT2D eigenvalue weighted by Gasteiger charge is -2.26. The molecular weight excluding hydrogens is 266 g/mol. The van der Waals surface area contributed by atoms with Crippen molar-refractivity contribution < 1.29 is 9.59 Å². The first-order valence-corrected chi connectivity index (χ1v) is 7.32. The van der Waals surface area contributed by atoms with E-state index in [1.165, 1.54) is 19.8 Å². The van der Waals surface area contributed by atoms with Crippen LogP contribution in [0.4, 0.5) is 5.69 Å². The van der Waals surface area contributed by atoms with Crippen LogP contribution in [-0.4, -0.2) is 42.8 Å². The van der Waals surface area contributed by atoms with E-state index < -0.39 is 0 Å². The maximum absolute atomic E-state index is 12.0. The summed E-state index contributed by atoms with van der Waals surface area (Å²) in [5.74, 6) is 0.595. The molecule has 0 radical (unpaired) electrons. The molecule has 0 saturated heterocycles. The second kappa shape index (κ2) is 6.83. The number of ketones is 1. The van der Waals surface area contributed by atoms with Crippen molar-refractivity contribution in [2.45, 2.75) is 25.8 Å². The number of nitrogens with one attached hydrogen (secondary N) is 1. The zero-order chi connectivity index (χ0) is 15.4. The standard InChI is InChI=1S/C16H23N3O2/c1-11(20)12-5-7-14(8-6-12)18-16(21)10-19(2)15(9-17)13-3-4-13/h5-8,13,15H,3-4,9-10,17H2,1-2H3,(H,18,21). The predicted molar refractivity (Wildman–Crippen MR) is 83.3 cm³/mol. The maximum Gasteiger partial charge on any atom is 0.238 e. The van der Waals surface area contributed by atoms with E-state index in [-0.39, 0.29) is 17.7 Å². The quantitative estimate of drug-likeness (QED) is 0.746. The van der Waals surface area contributed by atoms with Crippen LogP contribution in [0.2, 0.25) is 0 Å². The van der Waals surface area contributed by atoms with Crippen LogP contribution < -0.4 is 11.1 Å². The Morgan fingerprint density at radius 2 is 1.95 bits per heavy atom. The van der Waals surface area contributed by atoms with Crippen molar-refractivity contribution in [3.05, 3.63) is 29.8 Å². The van der Waals surface area contributed by atoms with Crippen molar-refractivity contribution >= 4 is 17.4 Å². The number of benzene rings is 1. The molecular formula is C16H23N3O2. The lowest BCUT2D eigenvalue weighted by molar-refractivity contribution is -0.117. The highest BCUT2D eigenvalue weighted by Crippen LogP contribution is 2.34. The smallest absolute Gasteiger partial charge is 0.238 e. The first-order chi connectivity index (χ1) is 10.0. The third-order valence-corrected chi connectivity index (χ3v) is 3.94. The third-order valence-electron chi connectivity index (χ3n) is 3.94. The summed E-state index contributed by atoms with van der Waals surface area (Å²) in [5, 5.41) is 2.84. The van der Waals surface area contributed by atoms with Gasteiger partial charge in [0.05, 0.1) is 6.54 Å². The van der Waals surface area contributed by atoms with Gasteiger partial charge in [-0.3, -0.25) is 14.5 Å². The third kappa shape index (κ3) is 4.37. The fourth-order valence-electron chi connectivity index (χ4n) is 2.55. The molecule has 0 bridgehead atoms. The van der Waals surface area contributed by atoms with Crippen LogP contribution in [-0.2, 0) is 4.79 Å². The Morgan fingerprint density at radius 1 is 1.33 bits per heavy atom. The van der Waals surface area contributed by atoms with Crippen molar-refractivity contribution in [3.8, 4) is 0 Å². The molecule has 3 N–H and O–H groups in total. The molecule has 1 aromatic carbocycles. The van der Waals surface area contributed by atoms with Crippen LogP contribution in [0.25, 0.3) is 0 Å². The molecule has 1 aliphatic rings. The van der Waals surface area contributed by atoms with E-state index in [1.54, 1.807) is 24.3 Å². The molecule has 1 saturated carbocycles. The van der Waals surface area contributed by atoms with Gasteiger partial charge in [-0.2, -0.15) is 0 Å². The summed E-state index contributed by atoms with van der Waals surface area (Å²) in [5.41, 5.74) is 7.13. The van der Waals surface area contributed by atoms with E-state index in [1.807, 2.05) is 11.9 Å². The largest absolute Gasteiger partial charge is 0.329 e. The molecule has 0 spiro atoms. The number of carbonyl (C=O) groups is 2. The van der Waals surface area contributed by atoms with Crippen molar-refractivity contribution in [2.75, 3.05) is 25.5 Å². The minimum absolute atomic E-state index is 0.0165. The molecule has 1 aromatic rings. The molecule has 0 heterocycles. The average Bonchev–Trinajstić information content (AvgIpc) is 3.24. The highest BCUT2D eigenvalue weighted by Gasteiger charge is 2.33. The number of amides is 1. The van der Waals surface area contributed by atoms with Crippen LogP contribution in [0.15, 0.2) is 24.3 Å². The SMILES string of the molecule is CC(=O)c1ccc(NC(=O)CN(C)C(CN)C2CC2)cc1. The first kappa shape index (κ1) is 15.7. The Balaban J connectivity index is 1.87. The van der Waals surface area contributed by atoms with Gasteiger partial charge >= 0.3 is 0 Å². The number of rotatable bonds is 7. The number of nitrogens with zero attached hydrogens (tertiary/aromatic N) is 1. The van der Waals surface area contributed by atoms with Crippen molar-refractivity contribution in [2.24, 2.45) is 11.7 Å². The molecule has 21 heavy (non-hydrogen) atoms. The molecule has 1 unspecified atom stereocenters. The summed E-state index contributed by atoms with van der Waals surface area (Å²) < 4.78 is 0. The number of hydrogen-bond donors (Lipinski definition) is 2. The monoisotopic (exact) mass is 289 g/mol. The van der Waals surface area contributed by atoms with Crippen molar-refractivity contribution in [3.63, 3.8) is 0 Å². The van der Waals surface area contributed by atoms with Crippen LogP contribution in [0, 0.1) is 5.92 Å². The van der Waals surface area contributed by atoms with Gasteiger partial charge in [0.25, 0.3) is 0 Å². The molecule has 1 fully saturated rings. The Bertz CT molecular complexity index is 509. The van der Waals surface area contributed by atoms with Crippen molar-refractivity contribution in [1.29, 1.82) is 0 Å². The van der Waals surface area contributed by atoms with E-state index in [2.05, 4.69) is 5.32 Å². The molecule has 1 aliphatic carbocycles. The van der Waals surface area contributed by atoms with Crippen molar-refractivity contribution in [1.82, 2.24) is 4.90 Å². The zero-order valence-corrected chi connectivity index (χ0v) is 12.6. The van der Waals surface area contributed by atoms with Gasteiger partial charge in [0.1, 0.15) is 0 Å². The molecule has 5 nitrogen and oxygen atoms in total. The summed E-state index contributed by atoms with van der Waals surface area (Å²) >= 11 is 0. The summed E-state index contributed by atoms with van der Waals surface area (Å²) in [6, 6.07) is 7.21. The summed E-state index contributed by atoms with van der Waals surface area (Å²) in [6.07, 6.45) is 2.42. The number of carbonyl (C=O) groups excluding carboxylic acids is 2. The Kier molecular flexibility index (Phi) is 5.09. The van der Waals surface area contributed by atoms with E-state index >= 15 is 0 Å². The summed E-state index contributed by atoms with van der Waals surface area (Å²) in [4.78, 5) is 25.3. The second-order valence-electron chi connectivity index (χ2n) is 5.74. The number of Topliss-reactive ketones (excluding diaryl/α,β-unsaturated/α-hetero) is 1. The predicted octanol–water partition coefficient (Wildman–Crippen LogP) is 1.50. The lowest BCUT2D eigenvalue weighted by Crippen LogP contribution is -2.43. The second-order valence-corrected chi connectivity index (χ2v) is 5.74. The van der Waals surface area contributed by atoms with E-state index in [0.29, 0.717) is 30.3 Å². The fourth-order valence-corrected chi connectivity index (χ4v) is 2.55. The van der Waals surface area contributed by atoms with Gasteiger partial charge < -0.3 is 11.1 Å². The number of hydrogen-bond acceptors (Lipinski definition) is 4. The van der Waals surface area contributed by atoms with Crippen LogP contribution in [0.3, 0.4) is 0 Å². The number of anilines is 1. The van der Waals surface area contributed by atoms with Gasteiger partial charge in [-0.1, -0.05) is 0 Å². The molecule has 2 rings (SSSR count). The number of likely N-dealkylation sites (N-methyl/N-ethyl adjacent to an activating group) is 1. The van der Waals surface area contributed by atoms with Crippen LogP contribution >= 0.6 is 0 Å². The molecule has 0 aromatic heterocycles. The minimum Gasteiger partial charge on any atom is -0.329 e. The normalized spacial score (nSPS) is 15.8. The van der Waals surface area contributed by atoms with Crippen LogP contribution in [0.1, 0.15) is 30.1 Å². The van der Waals surface area contributed by atoms with Gasteiger partial charge in [-0.15, -0.1) is 0 Å². The Hall–Kier alpha value is -1.72. The molecule has 114 valence electrons. The fraction of sp³-hybridized carbons (Fsp3) is 0.500. The van der Waals surface area contributed by atoms with E-state index in [9.17, 15) is 9.59 Å². The van der Waals surface area contributed by atoms with Gasteiger partial charge in [-0.05, 0) is 57.0 Å². The van der Waals surface area contributed by atoms with Gasteiger partial charge in [0.15, 0.2) is 5.78 Å². The Labute approximate surface area is 125 Å². The van der Waals surface area contributed by atoms with E-state index in [4.69, 9.17) is 5.73 Å². The van der Waals surface area contributed by atoms with Gasteiger partial charge in [-0.25, -0.2) is 0 Å². The lowest BCUT2D eigenvalue weighted by atomic mass is 10.1. The molecule has 5 heteroatoms. The maximum atomic E-state index is 12.0. The molecule has 1 atom stereocenters. The Morgan fingerprint density at radius 3 is 2.43 bits per heavy atom. The van der Waals surface area contributed by atoms with Crippen LogP contribution in [0.5, 0.6) is 0 Å². The summed E-state index contributed by atoms with van der Waals surface area (Å²) in [6.45, 7) is 2.43. The highest BCUT2D eigenvalue weighted by molar-refractivity contribution is 5.96. The number of nitrogens with two attached hydrogens (primary N) is 1. The van der Waals surface area contributed by atoms with Gasteiger partial charge in [0, 0.05) is 23.8 Å². The molecule has 0 aliphatic heterocycles. The highest BCUT2D eigenvalue weighted by atomic mass is 16.2. The summed E-state index contributed by atoms with van der Waals surface area (Å²) in [7, 11) is 1.94. The van der Waals surface area contributed by atoms with E-state index in [0.717, 1.165) is 0 Å². The first-order valence-electron chi connectivity index (χ1n) is 7.32.